The molecule has 17 nitrogen and oxygen atoms in total. The fourth-order valence-electron chi connectivity index (χ4n) is 6.89. The summed E-state index contributed by atoms with van der Waals surface area (Å²) in [4.78, 5) is 127. The Morgan fingerprint density at radius 1 is 0.623 bits per heavy atom. The van der Waals surface area contributed by atoms with Gasteiger partial charge in [-0.3, -0.25) is 68.4 Å². The minimum Gasteiger partial charge on any atom is -0.378 e. The fraction of sp³-hybridized carbons (Fsp3) is 0.389. The molecule has 0 aromatic heterocycles. The normalized spacial score (nSPS) is 19.6. The third kappa shape index (κ3) is 7.60. The number of benzene rings is 2. The first-order chi connectivity index (χ1) is 25.5. The number of hydrogen-bond donors (Lipinski definition) is 4. The minimum absolute atomic E-state index is 0.0114. The van der Waals surface area contributed by atoms with Crippen molar-refractivity contribution < 1.29 is 52.7 Å². The Morgan fingerprint density at radius 2 is 1.04 bits per heavy atom. The van der Waals surface area contributed by atoms with E-state index in [0.29, 0.717) is 11.1 Å². The summed E-state index contributed by atoms with van der Waals surface area (Å²) in [7, 11) is 0. The lowest BCUT2D eigenvalue weighted by Gasteiger charge is -2.27. The molecule has 2 aromatic carbocycles. The Kier molecular flexibility index (Phi) is 10.8. The molecule has 4 N–H and O–H groups in total. The van der Waals surface area contributed by atoms with Gasteiger partial charge in [0.25, 0.3) is 23.6 Å². The van der Waals surface area contributed by atoms with Crippen LogP contribution in [0.25, 0.3) is 0 Å². The van der Waals surface area contributed by atoms with Crippen LogP contribution < -0.4 is 21.3 Å². The van der Waals surface area contributed by atoms with E-state index in [-0.39, 0.29) is 112 Å². The molecule has 2 unspecified atom stereocenters. The van der Waals surface area contributed by atoms with E-state index < -0.39 is 59.3 Å². The summed E-state index contributed by atoms with van der Waals surface area (Å²) in [5.74, 6) is -5.46. The van der Waals surface area contributed by atoms with Crippen LogP contribution in [-0.2, 0) is 46.3 Å². The van der Waals surface area contributed by atoms with Crippen molar-refractivity contribution in [3.05, 3.63) is 69.8 Å². The van der Waals surface area contributed by atoms with Crippen molar-refractivity contribution >= 4 is 59.1 Å². The highest BCUT2D eigenvalue weighted by Crippen LogP contribution is 2.32. The van der Waals surface area contributed by atoms with Crippen LogP contribution in [-0.4, -0.2) is 107 Å². The van der Waals surface area contributed by atoms with Gasteiger partial charge in [-0.05, 0) is 48.9 Å². The van der Waals surface area contributed by atoms with Crippen molar-refractivity contribution in [3.63, 3.8) is 0 Å². The SMILES string of the molecule is O=C(CCc1cccc2c1C(=O)N(C1CCC(=O)NC1=O)C2=O)NCCOCCNC(=O)CCc1cccc2c1C(=O)N(C1CCC(=O)NC1=O)C2=O. The summed E-state index contributed by atoms with van der Waals surface area (Å²) in [5, 5.41) is 9.75. The Labute approximate surface area is 302 Å². The molecule has 4 aliphatic rings. The molecule has 17 heteroatoms. The summed E-state index contributed by atoms with van der Waals surface area (Å²) in [6, 6.07) is 7.32. The van der Waals surface area contributed by atoms with E-state index in [4.69, 9.17) is 4.74 Å². The number of aryl methyl sites for hydroxylation is 2. The van der Waals surface area contributed by atoms with Gasteiger partial charge in [0.15, 0.2) is 0 Å². The molecule has 0 spiro atoms. The van der Waals surface area contributed by atoms with E-state index in [2.05, 4.69) is 21.3 Å². The standard InChI is InChI=1S/C36H36N6O11/c43-25(11-7-19-3-1-5-21-29(19)35(51)41(33(21)49)23-9-13-27(45)39-31(23)47)37-15-17-53-18-16-38-26(44)12-8-20-4-2-6-22-30(20)36(52)42(34(22)50)24-10-14-28(46)40-32(24)48/h1-6,23-24H,7-18H2,(H,37,43)(H,38,44)(H,39,45,47)(H,40,46,48). The largest absolute Gasteiger partial charge is 0.378 e. The van der Waals surface area contributed by atoms with Crippen molar-refractivity contribution in [2.24, 2.45) is 0 Å². The van der Waals surface area contributed by atoms with Crippen LogP contribution >= 0.6 is 0 Å². The Balaban J connectivity index is 0.883. The van der Waals surface area contributed by atoms with E-state index >= 15 is 0 Å². The molecular formula is C36H36N6O11. The summed E-state index contributed by atoms with van der Waals surface area (Å²) in [6.45, 7) is 0.683. The van der Waals surface area contributed by atoms with Crippen LogP contribution in [0.4, 0.5) is 0 Å². The predicted octanol–water partition coefficient (Wildman–Crippen LogP) is -0.697. The molecule has 0 aliphatic carbocycles. The highest BCUT2D eigenvalue weighted by Gasteiger charge is 2.46. The molecule has 2 aromatic rings. The van der Waals surface area contributed by atoms with E-state index in [0.717, 1.165) is 9.80 Å². The first-order valence-electron chi connectivity index (χ1n) is 17.2. The van der Waals surface area contributed by atoms with Gasteiger partial charge in [-0.25, -0.2) is 0 Å². The number of nitrogens with zero attached hydrogens (tertiary/aromatic N) is 2. The summed E-state index contributed by atoms with van der Waals surface area (Å²) >= 11 is 0. The predicted molar refractivity (Wildman–Crippen MR) is 180 cm³/mol. The maximum atomic E-state index is 13.2. The van der Waals surface area contributed by atoms with E-state index in [9.17, 15) is 47.9 Å². The van der Waals surface area contributed by atoms with Crippen LogP contribution in [0.5, 0.6) is 0 Å². The molecule has 0 radical (unpaired) electrons. The molecule has 53 heavy (non-hydrogen) atoms. The number of rotatable bonds is 14. The van der Waals surface area contributed by atoms with Gasteiger partial charge in [-0.15, -0.1) is 0 Å². The highest BCUT2D eigenvalue weighted by atomic mass is 16.5. The number of ether oxygens (including phenoxy) is 1. The van der Waals surface area contributed by atoms with Gasteiger partial charge >= 0.3 is 0 Å². The van der Waals surface area contributed by atoms with Gasteiger partial charge in [-0.1, -0.05) is 24.3 Å². The number of fused-ring (bicyclic) bond motifs is 2. The Bertz CT molecular complexity index is 1820. The van der Waals surface area contributed by atoms with Crippen LogP contribution in [0, 0.1) is 0 Å². The number of hydrogen-bond acceptors (Lipinski definition) is 11. The van der Waals surface area contributed by atoms with E-state index in [1.54, 1.807) is 24.3 Å². The molecule has 0 bridgehead atoms. The fourth-order valence-corrected chi connectivity index (χ4v) is 6.89. The average molecular weight is 729 g/mol. The zero-order valence-electron chi connectivity index (χ0n) is 28.5. The van der Waals surface area contributed by atoms with Crippen LogP contribution in [0.1, 0.15) is 91.1 Å². The summed E-state index contributed by atoms with van der Waals surface area (Å²) in [5.41, 5.74) is 1.56. The first kappa shape index (κ1) is 36.7. The Morgan fingerprint density at radius 3 is 1.43 bits per heavy atom. The number of carbonyl (C=O) groups is 10. The molecule has 4 heterocycles. The number of imide groups is 4. The lowest BCUT2D eigenvalue weighted by Crippen LogP contribution is -2.54. The molecule has 4 aliphatic heterocycles. The first-order valence-corrected chi connectivity index (χ1v) is 17.2. The van der Waals surface area contributed by atoms with Gasteiger partial charge in [0.1, 0.15) is 12.1 Å². The lowest BCUT2D eigenvalue weighted by molar-refractivity contribution is -0.137. The van der Waals surface area contributed by atoms with Crippen molar-refractivity contribution in [2.45, 2.75) is 63.5 Å². The van der Waals surface area contributed by atoms with Crippen molar-refractivity contribution in [2.75, 3.05) is 26.3 Å². The molecule has 10 amide bonds. The molecule has 6 rings (SSSR count). The van der Waals surface area contributed by atoms with E-state index in [1.165, 1.54) is 12.1 Å². The lowest BCUT2D eigenvalue weighted by atomic mass is 9.99. The van der Waals surface area contributed by atoms with Gasteiger partial charge in [0, 0.05) is 38.8 Å². The van der Waals surface area contributed by atoms with Crippen LogP contribution in [0.15, 0.2) is 36.4 Å². The third-order valence-electron chi connectivity index (χ3n) is 9.49. The zero-order valence-corrected chi connectivity index (χ0v) is 28.5. The maximum absolute atomic E-state index is 13.2. The monoisotopic (exact) mass is 728 g/mol. The van der Waals surface area contributed by atoms with Gasteiger partial charge in [0.2, 0.25) is 35.4 Å². The van der Waals surface area contributed by atoms with Crippen LogP contribution in [0.3, 0.4) is 0 Å². The zero-order chi connectivity index (χ0) is 37.8. The molecule has 2 fully saturated rings. The second-order valence-corrected chi connectivity index (χ2v) is 12.9. The minimum atomic E-state index is -1.08. The number of carbonyl (C=O) groups excluding carboxylic acids is 10. The van der Waals surface area contributed by atoms with Crippen molar-refractivity contribution in [1.82, 2.24) is 31.1 Å². The number of piperidine rings is 2. The quantitative estimate of drug-likeness (QED) is 0.140. The molecule has 276 valence electrons. The van der Waals surface area contributed by atoms with E-state index in [1.807, 2.05) is 0 Å². The highest BCUT2D eigenvalue weighted by molar-refractivity contribution is 6.25. The average Bonchev–Trinajstić information content (AvgIpc) is 3.54. The number of nitrogens with one attached hydrogen (secondary N) is 4. The van der Waals surface area contributed by atoms with Crippen molar-refractivity contribution in [1.29, 1.82) is 0 Å². The summed E-state index contributed by atoms with van der Waals surface area (Å²) < 4.78 is 5.49. The summed E-state index contributed by atoms with van der Waals surface area (Å²) in [6.07, 6.45) is 0.478. The molecule has 2 atom stereocenters. The topological polar surface area (TPSA) is 235 Å². The van der Waals surface area contributed by atoms with Crippen molar-refractivity contribution in [3.8, 4) is 0 Å². The number of amides is 10. The van der Waals surface area contributed by atoms with Gasteiger partial charge < -0.3 is 15.4 Å². The molecular weight excluding hydrogens is 692 g/mol. The molecule has 0 saturated carbocycles. The molecule has 2 saturated heterocycles. The second-order valence-electron chi connectivity index (χ2n) is 12.9. The Hall–Kier alpha value is -6.10. The third-order valence-corrected chi connectivity index (χ3v) is 9.49. The second kappa shape index (κ2) is 15.6. The van der Waals surface area contributed by atoms with Crippen LogP contribution in [0.2, 0.25) is 0 Å². The maximum Gasteiger partial charge on any atom is 0.262 e. The smallest absolute Gasteiger partial charge is 0.262 e. The van der Waals surface area contributed by atoms with Gasteiger partial charge in [0.05, 0.1) is 35.5 Å². The van der Waals surface area contributed by atoms with Gasteiger partial charge in [-0.2, -0.15) is 0 Å².